The van der Waals surface area contributed by atoms with Crippen LogP contribution in [0.4, 0.5) is 5.82 Å². The van der Waals surface area contributed by atoms with Crippen LogP contribution in [-0.2, 0) is 13.6 Å². The number of nitrogen functional groups attached to an aromatic ring is 1. The molecule has 2 heterocycles. The standard InChI is InChI=1S/C12H16N6O/c1-8-3-10(4-11(16-8)17-13)12(19)14-5-9-6-15-18(2)7-9/h3-4,6-7H,5,13H2,1-2H3,(H,14,19)(H,16,17). The number of hydrogen-bond acceptors (Lipinski definition) is 5. The van der Waals surface area contributed by atoms with E-state index in [9.17, 15) is 4.79 Å². The van der Waals surface area contributed by atoms with Crippen LogP contribution in [0.25, 0.3) is 0 Å². The lowest BCUT2D eigenvalue weighted by Gasteiger charge is -2.07. The third-order valence-electron chi connectivity index (χ3n) is 2.57. The number of hydrazine groups is 1. The van der Waals surface area contributed by atoms with Crippen LogP contribution in [0, 0.1) is 6.92 Å². The predicted octanol–water partition coefficient (Wildman–Crippen LogP) is 0.339. The highest BCUT2D eigenvalue weighted by Crippen LogP contribution is 2.09. The highest BCUT2D eigenvalue weighted by atomic mass is 16.1. The minimum atomic E-state index is -0.175. The van der Waals surface area contributed by atoms with Gasteiger partial charge in [-0.25, -0.2) is 10.8 Å². The number of nitrogens with two attached hydrogens (primary N) is 1. The molecule has 7 nitrogen and oxygen atoms in total. The van der Waals surface area contributed by atoms with Gasteiger partial charge in [-0.3, -0.25) is 9.48 Å². The number of nitrogens with zero attached hydrogens (tertiary/aromatic N) is 3. The molecule has 2 aromatic rings. The molecule has 0 aliphatic carbocycles. The summed E-state index contributed by atoms with van der Waals surface area (Å²) in [6.07, 6.45) is 3.57. The molecule has 0 saturated heterocycles. The second-order valence-corrected chi connectivity index (χ2v) is 4.23. The Morgan fingerprint density at radius 2 is 2.26 bits per heavy atom. The lowest BCUT2D eigenvalue weighted by Crippen LogP contribution is -2.23. The number of rotatable bonds is 4. The lowest BCUT2D eigenvalue weighted by atomic mass is 10.2. The minimum Gasteiger partial charge on any atom is -0.348 e. The Hall–Kier alpha value is -2.41. The summed E-state index contributed by atoms with van der Waals surface area (Å²) < 4.78 is 1.69. The van der Waals surface area contributed by atoms with Crippen LogP contribution in [0.15, 0.2) is 24.5 Å². The zero-order valence-electron chi connectivity index (χ0n) is 10.8. The Morgan fingerprint density at radius 3 is 2.89 bits per heavy atom. The summed E-state index contributed by atoms with van der Waals surface area (Å²) in [5.74, 6) is 5.59. The molecular formula is C12H16N6O. The molecule has 0 spiro atoms. The van der Waals surface area contributed by atoms with E-state index in [0.29, 0.717) is 17.9 Å². The Morgan fingerprint density at radius 1 is 1.47 bits per heavy atom. The molecule has 0 atom stereocenters. The van der Waals surface area contributed by atoms with E-state index in [1.165, 1.54) is 0 Å². The lowest BCUT2D eigenvalue weighted by molar-refractivity contribution is 0.0950. The maximum atomic E-state index is 12.0. The molecule has 0 bridgehead atoms. The van der Waals surface area contributed by atoms with Crippen molar-refractivity contribution in [2.75, 3.05) is 5.43 Å². The van der Waals surface area contributed by atoms with Gasteiger partial charge in [0.15, 0.2) is 0 Å². The predicted molar refractivity (Wildman–Crippen MR) is 71.2 cm³/mol. The van der Waals surface area contributed by atoms with E-state index in [-0.39, 0.29) is 5.91 Å². The van der Waals surface area contributed by atoms with Crippen LogP contribution >= 0.6 is 0 Å². The van der Waals surface area contributed by atoms with Gasteiger partial charge in [0.05, 0.1) is 6.20 Å². The fourth-order valence-corrected chi connectivity index (χ4v) is 1.72. The molecule has 2 aromatic heterocycles. The molecule has 19 heavy (non-hydrogen) atoms. The van der Waals surface area contributed by atoms with E-state index in [1.54, 1.807) is 29.9 Å². The molecule has 4 N–H and O–H groups in total. The van der Waals surface area contributed by atoms with E-state index in [0.717, 1.165) is 11.3 Å². The molecular weight excluding hydrogens is 244 g/mol. The number of aromatic nitrogens is 3. The van der Waals surface area contributed by atoms with Crippen molar-refractivity contribution in [3.63, 3.8) is 0 Å². The third-order valence-corrected chi connectivity index (χ3v) is 2.57. The number of carbonyl (C=O) groups is 1. The first-order chi connectivity index (χ1) is 9.08. The summed E-state index contributed by atoms with van der Waals surface area (Å²) in [6.45, 7) is 2.23. The highest BCUT2D eigenvalue weighted by molar-refractivity contribution is 5.94. The van der Waals surface area contributed by atoms with Crippen molar-refractivity contribution in [2.24, 2.45) is 12.9 Å². The zero-order chi connectivity index (χ0) is 13.8. The number of carbonyl (C=O) groups excluding carboxylic acids is 1. The van der Waals surface area contributed by atoms with E-state index in [2.05, 4.69) is 20.8 Å². The van der Waals surface area contributed by atoms with Crippen molar-refractivity contribution in [1.29, 1.82) is 0 Å². The molecule has 2 rings (SSSR count). The van der Waals surface area contributed by atoms with Crippen molar-refractivity contribution < 1.29 is 4.79 Å². The second-order valence-electron chi connectivity index (χ2n) is 4.23. The van der Waals surface area contributed by atoms with Gasteiger partial charge in [-0.15, -0.1) is 0 Å². The average molecular weight is 260 g/mol. The molecule has 0 radical (unpaired) electrons. The van der Waals surface area contributed by atoms with Gasteiger partial charge in [0, 0.05) is 36.6 Å². The molecule has 0 fully saturated rings. The number of nitrogens with one attached hydrogen (secondary N) is 2. The average Bonchev–Trinajstić information content (AvgIpc) is 2.81. The molecule has 7 heteroatoms. The van der Waals surface area contributed by atoms with Crippen LogP contribution in [0.3, 0.4) is 0 Å². The molecule has 0 aliphatic rings. The minimum absolute atomic E-state index is 0.175. The summed E-state index contributed by atoms with van der Waals surface area (Å²) in [6, 6.07) is 3.31. The van der Waals surface area contributed by atoms with Gasteiger partial charge >= 0.3 is 0 Å². The fourth-order valence-electron chi connectivity index (χ4n) is 1.72. The number of hydrogen-bond donors (Lipinski definition) is 3. The first-order valence-electron chi connectivity index (χ1n) is 5.79. The number of amides is 1. The summed E-state index contributed by atoms with van der Waals surface area (Å²) in [7, 11) is 1.83. The number of aryl methyl sites for hydroxylation is 2. The van der Waals surface area contributed by atoms with Gasteiger partial charge in [-0.05, 0) is 19.1 Å². The van der Waals surface area contributed by atoms with Crippen LogP contribution in [0.1, 0.15) is 21.6 Å². The first-order valence-corrected chi connectivity index (χ1v) is 5.79. The van der Waals surface area contributed by atoms with Gasteiger partial charge < -0.3 is 10.7 Å². The van der Waals surface area contributed by atoms with Gasteiger partial charge in [-0.1, -0.05) is 0 Å². The van der Waals surface area contributed by atoms with Crippen molar-refractivity contribution in [3.8, 4) is 0 Å². The number of anilines is 1. The first kappa shape index (κ1) is 13.0. The van der Waals surface area contributed by atoms with Crippen molar-refractivity contribution in [1.82, 2.24) is 20.1 Å². The molecule has 1 amide bonds. The SMILES string of the molecule is Cc1cc(C(=O)NCc2cnn(C)c2)cc(NN)n1. The summed E-state index contributed by atoms with van der Waals surface area (Å²) in [4.78, 5) is 16.1. The molecule has 100 valence electrons. The maximum Gasteiger partial charge on any atom is 0.251 e. The third kappa shape index (κ3) is 3.29. The van der Waals surface area contributed by atoms with E-state index >= 15 is 0 Å². The van der Waals surface area contributed by atoms with E-state index < -0.39 is 0 Å². The summed E-state index contributed by atoms with van der Waals surface area (Å²) >= 11 is 0. The summed E-state index contributed by atoms with van der Waals surface area (Å²) in [5, 5.41) is 6.86. The molecule has 0 aliphatic heterocycles. The molecule has 0 unspecified atom stereocenters. The fraction of sp³-hybridized carbons (Fsp3) is 0.250. The van der Waals surface area contributed by atoms with Gasteiger partial charge in [0.25, 0.3) is 5.91 Å². The van der Waals surface area contributed by atoms with Crippen LogP contribution in [0.5, 0.6) is 0 Å². The van der Waals surface area contributed by atoms with Gasteiger partial charge in [0.2, 0.25) is 0 Å². The topological polar surface area (TPSA) is 97.9 Å². The van der Waals surface area contributed by atoms with Crippen molar-refractivity contribution in [3.05, 3.63) is 41.3 Å². The second kappa shape index (κ2) is 5.49. The maximum absolute atomic E-state index is 12.0. The largest absolute Gasteiger partial charge is 0.348 e. The van der Waals surface area contributed by atoms with Crippen LogP contribution in [0.2, 0.25) is 0 Å². The Bertz CT molecular complexity index is 592. The van der Waals surface area contributed by atoms with Crippen LogP contribution in [-0.4, -0.2) is 20.7 Å². The zero-order valence-corrected chi connectivity index (χ0v) is 10.8. The summed E-state index contributed by atoms with van der Waals surface area (Å²) in [5.41, 5.74) is 4.62. The smallest absolute Gasteiger partial charge is 0.251 e. The van der Waals surface area contributed by atoms with Crippen LogP contribution < -0.4 is 16.6 Å². The Balaban J connectivity index is 2.05. The van der Waals surface area contributed by atoms with Crippen molar-refractivity contribution in [2.45, 2.75) is 13.5 Å². The van der Waals surface area contributed by atoms with Gasteiger partial charge in [0.1, 0.15) is 5.82 Å². The number of pyridine rings is 1. The Labute approximate surface area is 110 Å². The van der Waals surface area contributed by atoms with Gasteiger partial charge in [-0.2, -0.15) is 5.10 Å². The monoisotopic (exact) mass is 260 g/mol. The quantitative estimate of drug-likeness (QED) is 0.544. The van der Waals surface area contributed by atoms with E-state index in [1.807, 2.05) is 13.2 Å². The van der Waals surface area contributed by atoms with Crippen molar-refractivity contribution >= 4 is 11.7 Å². The highest BCUT2D eigenvalue weighted by Gasteiger charge is 2.08. The molecule has 0 saturated carbocycles. The normalized spacial score (nSPS) is 10.3. The molecule has 0 aromatic carbocycles. The Kier molecular flexibility index (Phi) is 3.76. The van der Waals surface area contributed by atoms with E-state index in [4.69, 9.17) is 5.84 Å².